The second-order valence-corrected chi connectivity index (χ2v) is 7.68. The average molecular weight is 365 g/mol. The Balaban J connectivity index is 1.78. The van der Waals surface area contributed by atoms with Crippen LogP contribution < -0.4 is 0 Å². The van der Waals surface area contributed by atoms with Crippen molar-refractivity contribution >= 4 is 11.9 Å². The number of benzene rings is 2. The summed E-state index contributed by atoms with van der Waals surface area (Å²) in [4.78, 5) is 26.5. The molecule has 0 bridgehead atoms. The Hall–Kier alpha value is -2.62. The molecule has 4 heteroatoms. The first-order chi connectivity index (χ1) is 13.1. The van der Waals surface area contributed by atoms with Gasteiger partial charge in [0.15, 0.2) is 0 Å². The maximum Gasteiger partial charge on any atom is 0.303 e. The van der Waals surface area contributed by atoms with E-state index < -0.39 is 5.97 Å². The van der Waals surface area contributed by atoms with E-state index in [0.29, 0.717) is 19.5 Å². The number of carboxylic acids is 1. The highest BCUT2D eigenvalue weighted by atomic mass is 16.4. The molecule has 27 heavy (non-hydrogen) atoms. The smallest absolute Gasteiger partial charge is 0.303 e. The van der Waals surface area contributed by atoms with Gasteiger partial charge in [-0.3, -0.25) is 9.59 Å². The number of nitrogens with zero attached hydrogens (tertiary/aromatic N) is 1. The molecule has 0 spiro atoms. The predicted octanol–water partition coefficient (Wildman–Crippen LogP) is 4.64. The molecule has 142 valence electrons. The Morgan fingerprint density at radius 1 is 0.815 bits per heavy atom. The highest BCUT2D eigenvalue weighted by Crippen LogP contribution is 2.44. The summed E-state index contributed by atoms with van der Waals surface area (Å²) in [6.07, 6.45) is 4.09. The lowest BCUT2D eigenvalue weighted by Gasteiger charge is -2.31. The third-order valence-electron chi connectivity index (χ3n) is 5.50. The van der Waals surface area contributed by atoms with Crippen molar-refractivity contribution in [2.75, 3.05) is 0 Å². The van der Waals surface area contributed by atoms with Crippen LogP contribution in [-0.4, -0.2) is 21.9 Å². The number of carboxylic acid groups (broad SMARTS) is 1. The van der Waals surface area contributed by atoms with Crippen LogP contribution in [0.3, 0.4) is 0 Å². The SMILES string of the molecule is O=C(O)CC1(CC(=O)N(Cc2ccccc2)Cc2ccccc2)CCCC1. The molecule has 0 saturated heterocycles. The standard InChI is InChI=1S/C23H27NO3/c25-21(15-23(16-22(26)27)13-7-8-14-23)24(17-19-9-3-1-4-10-19)18-20-11-5-2-6-12-20/h1-6,9-12H,7-8,13-18H2,(H,26,27). The van der Waals surface area contributed by atoms with Crippen LogP contribution in [0.2, 0.25) is 0 Å². The van der Waals surface area contributed by atoms with E-state index in [1.54, 1.807) is 0 Å². The summed E-state index contributed by atoms with van der Waals surface area (Å²) in [5.74, 6) is -0.756. The maximum atomic E-state index is 13.2. The molecule has 0 unspecified atom stereocenters. The fourth-order valence-electron chi connectivity index (χ4n) is 4.13. The van der Waals surface area contributed by atoms with Crippen LogP contribution in [0.25, 0.3) is 0 Å². The van der Waals surface area contributed by atoms with Gasteiger partial charge >= 0.3 is 5.97 Å². The van der Waals surface area contributed by atoms with Crippen molar-refractivity contribution < 1.29 is 14.7 Å². The molecule has 2 aromatic rings. The molecule has 0 heterocycles. The monoisotopic (exact) mass is 365 g/mol. The molecule has 1 amide bonds. The lowest BCUT2D eigenvalue weighted by Crippen LogP contribution is -2.35. The summed E-state index contributed by atoms with van der Waals surface area (Å²) in [5.41, 5.74) is 1.79. The highest BCUT2D eigenvalue weighted by Gasteiger charge is 2.39. The Kier molecular flexibility index (Phi) is 6.28. The van der Waals surface area contributed by atoms with Crippen LogP contribution in [0, 0.1) is 5.41 Å². The zero-order chi connectivity index (χ0) is 19.1. The summed E-state index contributed by atoms with van der Waals surface area (Å²) in [6.45, 7) is 1.08. The van der Waals surface area contributed by atoms with Crippen molar-refractivity contribution in [2.24, 2.45) is 5.41 Å². The van der Waals surface area contributed by atoms with Gasteiger partial charge in [0, 0.05) is 19.5 Å². The van der Waals surface area contributed by atoms with Crippen molar-refractivity contribution in [3.05, 3.63) is 71.8 Å². The molecule has 4 nitrogen and oxygen atoms in total. The van der Waals surface area contributed by atoms with E-state index >= 15 is 0 Å². The van der Waals surface area contributed by atoms with Crippen molar-refractivity contribution in [1.29, 1.82) is 0 Å². The van der Waals surface area contributed by atoms with Crippen LogP contribution in [0.15, 0.2) is 60.7 Å². The van der Waals surface area contributed by atoms with Gasteiger partial charge in [-0.25, -0.2) is 0 Å². The summed E-state index contributed by atoms with van der Waals surface area (Å²) in [7, 11) is 0. The average Bonchev–Trinajstić information content (AvgIpc) is 3.10. The number of amides is 1. The third kappa shape index (κ3) is 5.43. The van der Waals surface area contributed by atoms with E-state index in [9.17, 15) is 14.7 Å². The Bertz CT molecular complexity index is 710. The quantitative estimate of drug-likeness (QED) is 0.741. The lowest BCUT2D eigenvalue weighted by molar-refractivity contribution is -0.141. The first-order valence-electron chi connectivity index (χ1n) is 9.64. The molecule has 2 aromatic carbocycles. The van der Waals surface area contributed by atoms with Crippen LogP contribution in [-0.2, 0) is 22.7 Å². The van der Waals surface area contributed by atoms with Crippen LogP contribution in [0.4, 0.5) is 0 Å². The second kappa shape index (κ2) is 8.85. The molecule has 1 saturated carbocycles. The summed E-state index contributed by atoms with van der Waals surface area (Å²) >= 11 is 0. The zero-order valence-electron chi connectivity index (χ0n) is 15.6. The molecule has 1 fully saturated rings. The Morgan fingerprint density at radius 3 is 1.74 bits per heavy atom. The number of carbonyl (C=O) groups is 2. The van der Waals surface area contributed by atoms with Crippen molar-refractivity contribution in [3.63, 3.8) is 0 Å². The van der Waals surface area contributed by atoms with Gasteiger partial charge < -0.3 is 10.0 Å². The summed E-state index contributed by atoms with van der Waals surface area (Å²) in [5, 5.41) is 9.34. The second-order valence-electron chi connectivity index (χ2n) is 7.68. The molecule has 0 aliphatic heterocycles. The molecule has 1 N–H and O–H groups in total. The molecular formula is C23H27NO3. The number of rotatable bonds is 8. The topological polar surface area (TPSA) is 57.6 Å². The number of hydrogen-bond donors (Lipinski definition) is 1. The normalized spacial score (nSPS) is 15.4. The Morgan fingerprint density at radius 2 is 1.30 bits per heavy atom. The molecule has 0 aromatic heterocycles. The molecule has 1 aliphatic carbocycles. The zero-order valence-corrected chi connectivity index (χ0v) is 15.6. The van der Waals surface area contributed by atoms with Crippen molar-refractivity contribution in [2.45, 2.75) is 51.6 Å². The number of carbonyl (C=O) groups excluding carboxylic acids is 1. The van der Waals surface area contributed by atoms with E-state index in [1.807, 2.05) is 65.6 Å². The minimum absolute atomic E-state index is 0.0471. The van der Waals surface area contributed by atoms with E-state index in [0.717, 1.165) is 36.8 Å². The highest BCUT2D eigenvalue weighted by molar-refractivity contribution is 5.78. The van der Waals surface area contributed by atoms with Gasteiger partial charge in [0.2, 0.25) is 5.91 Å². The number of aliphatic carboxylic acids is 1. The first kappa shape index (κ1) is 19.2. The molecule has 0 radical (unpaired) electrons. The van der Waals surface area contributed by atoms with E-state index in [2.05, 4.69) is 0 Å². The fourth-order valence-corrected chi connectivity index (χ4v) is 4.13. The molecule has 1 aliphatic rings. The van der Waals surface area contributed by atoms with Gasteiger partial charge in [0.05, 0.1) is 6.42 Å². The first-order valence-corrected chi connectivity index (χ1v) is 9.64. The van der Waals surface area contributed by atoms with Crippen LogP contribution >= 0.6 is 0 Å². The molecular weight excluding hydrogens is 338 g/mol. The van der Waals surface area contributed by atoms with E-state index in [4.69, 9.17) is 0 Å². The minimum atomic E-state index is -0.803. The van der Waals surface area contributed by atoms with Crippen LogP contribution in [0.1, 0.15) is 49.7 Å². The molecule has 3 rings (SSSR count). The lowest BCUT2D eigenvalue weighted by atomic mass is 9.79. The van der Waals surface area contributed by atoms with Gasteiger partial charge in [-0.1, -0.05) is 73.5 Å². The van der Waals surface area contributed by atoms with Crippen LogP contribution in [0.5, 0.6) is 0 Å². The van der Waals surface area contributed by atoms with Gasteiger partial charge in [0.25, 0.3) is 0 Å². The molecule has 0 atom stereocenters. The third-order valence-corrected chi connectivity index (χ3v) is 5.50. The maximum absolute atomic E-state index is 13.2. The van der Waals surface area contributed by atoms with Gasteiger partial charge in [-0.05, 0) is 29.4 Å². The number of hydrogen-bond acceptors (Lipinski definition) is 2. The van der Waals surface area contributed by atoms with E-state index in [-0.39, 0.29) is 17.7 Å². The summed E-state index contributed by atoms with van der Waals surface area (Å²) in [6, 6.07) is 19.9. The largest absolute Gasteiger partial charge is 0.481 e. The van der Waals surface area contributed by atoms with Crippen molar-refractivity contribution in [3.8, 4) is 0 Å². The summed E-state index contributed by atoms with van der Waals surface area (Å²) < 4.78 is 0. The van der Waals surface area contributed by atoms with Crippen molar-refractivity contribution in [1.82, 2.24) is 4.90 Å². The van der Waals surface area contributed by atoms with Gasteiger partial charge in [0.1, 0.15) is 0 Å². The minimum Gasteiger partial charge on any atom is -0.481 e. The van der Waals surface area contributed by atoms with Gasteiger partial charge in [-0.2, -0.15) is 0 Å². The van der Waals surface area contributed by atoms with Gasteiger partial charge in [-0.15, -0.1) is 0 Å². The fraction of sp³-hybridized carbons (Fsp3) is 0.391. The van der Waals surface area contributed by atoms with E-state index in [1.165, 1.54) is 0 Å². The predicted molar refractivity (Wildman–Crippen MR) is 105 cm³/mol. The Labute approximate surface area is 160 Å².